The molecule has 4 nitrogen and oxygen atoms in total. The molecule has 0 saturated heterocycles. The van der Waals surface area contributed by atoms with Gasteiger partial charge >= 0.3 is 0 Å². The molecular formula is C14H19BrClNO3S. The zero-order valence-corrected chi connectivity index (χ0v) is 15.5. The first kappa shape index (κ1) is 18.5. The molecule has 0 aliphatic carbocycles. The first-order valence-corrected chi connectivity index (χ1v) is 9.79. The topological polar surface area (TPSA) is 54.5 Å². The third-order valence-electron chi connectivity index (χ3n) is 3.25. The van der Waals surface area contributed by atoms with E-state index in [9.17, 15) is 13.2 Å². The number of benzene rings is 1. The van der Waals surface area contributed by atoms with Gasteiger partial charge in [-0.3, -0.25) is 4.79 Å². The fourth-order valence-corrected chi connectivity index (χ4v) is 3.77. The van der Waals surface area contributed by atoms with E-state index in [0.717, 1.165) is 19.3 Å². The van der Waals surface area contributed by atoms with Crippen LogP contribution < -0.4 is 0 Å². The summed E-state index contributed by atoms with van der Waals surface area (Å²) >= 11 is 3.28. The van der Waals surface area contributed by atoms with Crippen LogP contribution in [0.3, 0.4) is 0 Å². The molecule has 0 aliphatic rings. The maximum atomic E-state index is 12.3. The minimum Gasteiger partial charge on any atom is -0.342 e. The zero-order valence-electron chi connectivity index (χ0n) is 12.3. The van der Waals surface area contributed by atoms with Gasteiger partial charge in [-0.15, -0.1) is 0 Å². The number of carbonyl (C=O) groups is 1. The number of amides is 1. The molecule has 0 unspecified atom stereocenters. The molecule has 0 fully saturated rings. The lowest BCUT2D eigenvalue weighted by Gasteiger charge is -2.18. The molecule has 0 heterocycles. The Morgan fingerprint density at radius 3 is 2.48 bits per heavy atom. The molecule has 0 radical (unpaired) electrons. The Balaban J connectivity index is 3.09. The predicted molar refractivity (Wildman–Crippen MR) is 88.4 cm³/mol. The molecule has 1 aromatic rings. The molecule has 1 rings (SSSR count). The van der Waals surface area contributed by atoms with Gasteiger partial charge in [0.15, 0.2) is 0 Å². The quantitative estimate of drug-likeness (QED) is 0.540. The summed E-state index contributed by atoms with van der Waals surface area (Å²) in [5, 5.41) is 0. The highest BCUT2D eigenvalue weighted by Crippen LogP contribution is 2.28. The van der Waals surface area contributed by atoms with Crippen LogP contribution in [0, 0.1) is 6.92 Å². The zero-order chi connectivity index (χ0) is 16.2. The summed E-state index contributed by atoms with van der Waals surface area (Å²) in [7, 11) is 3.24. The van der Waals surface area contributed by atoms with Gasteiger partial charge in [-0.2, -0.15) is 0 Å². The fourth-order valence-electron chi connectivity index (χ4n) is 1.95. The number of halogens is 2. The van der Waals surface area contributed by atoms with Crippen molar-refractivity contribution in [3.05, 3.63) is 27.7 Å². The Morgan fingerprint density at radius 2 is 1.95 bits per heavy atom. The molecule has 0 spiro atoms. The van der Waals surface area contributed by atoms with Gasteiger partial charge in [0.2, 0.25) is 0 Å². The summed E-state index contributed by atoms with van der Waals surface area (Å²) in [6, 6.07) is 2.96. The van der Waals surface area contributed by atoms with Crippen LogP contribution in [0.25, 0.3) is 0 Å². The monoisotopic (exact) mass is 395 g/mol. The largest absolute Gasteiger partial charge is 0.342 e. The van der Waals surface area contributed by atoms with Gasteiger partial charge in [0.05, 0.1) is 4.90 Å². The molecule has 0 aliphatic heterocycles. The van der Waals surface area contributed by atoms with E-state index in [2.05, 4.69) is 22.9 Å². The molecule has 1 amide bonds. The molecule has 0 saturated carbocycles. The van der Waals surface area contributed by atoms with Crippen molar-refractivity contribution in [2.45, 2.75) is 38.0 Å². The lowest BCUT2D eigenvalue weighted by molar-refractivity contribution is 0.0792. The van der Waals surface area contributed by atoms with Gasteiger partial charge < -0.3 is 4.90 Å². The maximum absolute atomic E-state index is 12.3. The van der Waals surface area contributed by atoms with Gasteiger partial charge in [0.1, 0.15) is 0 Å². The van der Waals surface area contributed by atoms with Gasteiger partial charge in [0.25, 0.3) is 15.0 Å². The van der Waals surface area contributed by atoms with E-state index in [1.807, 2.05) is 0 Å². The third kappa shape index (κ3) is 4.97. The number of unbranched alkanes of at least 4 members (excludes halogenated alkanes) is 2. The van der Waals surface area contributed by atoms with Gasteiger partial charge in [-0.1, -0.05) is 35.7 Å². The summed E-state index contributed by atoms with van der Waals surface area (Å²) in [5.41, 5.74) is 0.806. The van der Waals surface area contributed by atoms with Crippen molar-refractivity contribution in [2.75, 3.05) is 13.6 Å². The Hall–Kier alpha value is -0.590. The summed E-state index contributed by atoms with van der Waals surface area (Å²) in [6.07, 6.45) is 3.05. The van der Waals surface area contributed by atoms with Crippen molar-refractivity contribution in [1.29, 1.82) is 0 Å². The van der Waals surface area contributed by atoms with Crippen molar-refractivity contribution in [2.24, 2.45) is 0 Å². The highest BCUT2D eigenvalue weighted by molar-refractivity contribution is 9.10. The van der Waals surface area contributed by atoms with Crippen molar-refractivity contribution in [1.82, 2.24) is 4.90 Å². The summed E-state index contributed by atoms with van der Waals surface area (Å²) in [6.45, 7) is 4.37. The number of rotatable bonds is 6. The first-order valence-electron chi connectivity index (χ1n) is 6.68. The molecule has 0 atom stereocenters. The molecule has 118 valence electrons. The van der Waals surface area contributed by atoms with Gasteiger partial charge in [-0.25, -0.2) is 8.42 Å². The van der Waals surface area contributed by atoms with Crippen LogP contribution in [0.15, 0.2) is 21.5 Å². The summed E-state index contributed by atoms with van der Waals surface area (Å²) < 4.78 is 23.7. The second-order valence-electron chi connectivity index (χ2n) is 4.95. The predicted octanol–water partition coefficient (Wildman–Crippen LogP) is 3.95. The Labute approximate surface area is 139 Å². The normalized spacial score (nSPS) is 11.5. The molecule has 0 bridgehead atoms. The van der Waals surface area contributed by atoms with E-state index in [1.165, 1.54) is 6.07 Å². The van der Waals surface area contributed by atoms with E-state index in [4.69, 9.17) is 10.7 Å². The SMILES string of the molecule is CCCCCN(C)C(=O)c1cc(Br)c(C)c(S(=O)(=O)Cl)c1. The van der Waals surface area contributed by atoms with E-state index < -0.39 is 9.05 Å². The van der Waals surface area contributed by atoms with E-state index in [1.54, 1.807) is 24.9 Å². The molecular weight excluding hydrogens is 378 g/mol. The number of hydrogen-bond donors (Lipinski definition) is 0. The van der Waals surface area contributed by atoms with Gasteiger partial charge in [0, 0.05) is 34.3 Å². The van der Waals surface area contributed by atoms with E-state index >= 15 is 0 Å². The van der Waals surface area contributed by atoms with Crippen LogP contribution in [0.2, 0.25) is 0 Å². The van der Waals surface area contributed by atoms with Crippen LogP contribution in [0.4, 0.5) is 0 Å². The minimum absolute atomic E-state index is 0.0381. The fraction of sp³-hybridized carbons (Fsp3) is 0.500. The summed E-state index contributed by atoms with van der Waals surface area (Å²) in [4.78, 5) is 13.9. The third-order valence-corrected chi connectivity index (χ3v) is 5.52. The Morgan fingerprint density at radius 1 is 1.33 bits per heavy atom. The van der Waals surface area contributed by atoms with Crippen LogP contribution >= 0.6 is 26.6 Å². The molecule has 0 N–H and O–H groups in total. The second-order valence-corrected chi connectivity index (χ2v) is 8.34. The van der Waals surface area contributed by atoms with Crippen LogP contribution in [-0.4, -0.2) is 32.8 Å². The number of nitrogens with zero attached hydrogens (tertiary/aromatic N) is 1. The smallest absolute Gasteiger partial charge is 0.261 e. The average molecular weight is 397 g/mol. The standard InChI is InChI=1S/C14H19BrClNO3S/c1-4-5-6-7-17(3)14(18)11-8-12(15)10(2)13(9-11)21(16,19)20/h8-9H,4-7H2,1-3H3. The maximum Gasteiger partial charge on any atom is 0.261 e. The highest BCUT2D eigenvalue weighted by Gasteiger charge is 2.20. The van der Waals surface area contributed by atoms with Gasteiger partial charge in [-0.05, 0) is 31.0 Å². The molecule has 0 aromatic heterocycles. The second kappa shape index (κ2) is 7.61. The lowest BCUT2D eigenvalue weighted by Crippen LogP contribution is -2.28. The first-order chi connectivity index (χ1) is 9.68. The van der Waals surface area contributed by atoms with Crippen molar-refractivity contribution in [3.8, 4) is 0 Å². The van der Waals surface area contributed by atoms with E-state index in [-0.39, 0.29) is 10.8 Å². The van der Waals surface area contributed by atoms with Crippen LogP contribution in [0.1, 0.15) is 42.1 Å². The van der Waals surface area contributed by atoms with Crippen molar-refractivity contribution in [3.63, 3.8) is 0 Å². The molecule has 21 heavy (non-hydrogen) atoms. The molecule has 7 heteroatoms. The van der Waals surface area contributed by atoms with Crippen LogP contribution in [0.5, 0.6) is 0 Å². The van der Waals surface area contributed by atoms with Crippen LogP contribution in [-0.2, 0) is 9.05 Å². The number of carbonyl (C=O) groups excluding carboxylic acids is 1. The average Bonchev–Trinajstić information content (AvgIpc) is 2.39. The lowest BCUT2D eigenvalue weighted by atomic mass is 10.1. The number of hydrogen-bond acceptors (Lipinski definition) is 3. The Bertz CT molecular complexity index is 631. The van der Waals surface area contributed by atoms with E-state index in [0.29, 0.717) is 22.1 Å². The highest BCUT2D eigenvalue weighted by atomic mass is 79.9. The Kier molecular flexibility index (Phi) is 6.69. The molecule has 1 aromatic carbocycles. The minimum atomic E-state index is -3.89. The van der Waals surface area contributed by atoms with Crippen molar-refractivity contribution < 1.29 is 13.2 Å². The van der Waals surface area contributed by atoms with Crippen molar-refractivity contribution >= 4 is 41.6 Å². The summed E-state index contributed by atoms with van der Waals surface area (Å²) in [5.74, 6) is -0.214.